The van der Waals surface area contributed by atoms with E-state index in [2.05, 4.69) is 5.32 Å². The summed E-state index contributed by atoms with van der Waals surface area (Å²) in [7, 11) is 0. The van der Waals surface area contributed by atoms with Gasteiger partial charge in [-0.25, -0.2) is 4.79 Å². The summed E-state index contributed by atoms with van der Waals surface area (Å²) in [6.45, 7) is 1.84. The Morgan fingerprint density at radius 3 is 2.70 bits per heavy atom. The predicted molar refractivity (Wildman–Crippen MR) is 87.4 cm³/mol. The largest absolute Gasteiger partial charge is 0.448 e. The molecule has 0 fully saturated rings. The highest BCUT2D eigenvalue weighted by Gasteiger charge is 2.31. The number of cyclic esters (lactones) is 1. The summed E-state index contributed by atoms with van der Waals surface area (Å²) in [4.78, 5) is 24.4. The van der Waals surface area contributed by atoms with E-state index in [1.807, 2.05) is 37.3 Å². The van der Waals surface area contributed by atoms with E-state index in [-0.39, 0.29) is 11.9 Å². The zero-order chi connectivity index (χ0) is 16.4. The molecule has 1 N–H and O–H groups in total. The van der Waals surface area contributed by atoms with E-state index in [1.54, 1.807) is 18.2 Å². The molecule has 118 valence electrons. The van der Waals surface area contributed by atoms with Crippen LogP contribution in [0.5, 0.6) is 0 Å². The van der Waals surface area contributed by atoms with Crippen molar-refractivity contribution in [2.24, 2.45) is 0 Å². The molecular weight excluding hydrogens is 314 g/mol. The van der Waals surface area contributed by atoms with Gasteiger partial charge in [0.25, 0.3) is 5.91 Å². The minimum atomic E-state index is -0.817. The van der Waals surface area contributed by atoms with Gasteiger partial charge in [-0.1, -0.05) is 48.0 Å². The maximum atomic E-state index is 12.4. The van der Waals surface area contributed by atoms with Crippen LogP contribution in [0, 0.1) is 0 Å². The molecule has 0 bridgehead atoms. The monoisotopic (exact) mass is 329 g/mol. The van der Waals surface area contributed by atoms with Gasteiger partial charge >= 0.3 is 5.97 Å². The van der Waals surface area contributed by atoms with Crippen LogP contribution in [0.15, 0.2) is 48.5 Å². The third-order valence-corrected chi connectivity index (χ3v) is 4.26. The van der Waals surface area contributed by atoms with Gasteiger partial charge in [-0.2, -0.15) is 0 Å². The Kier molecular flexibility index (Phi) is 4.35. The second kappa shape index (κ2) is 6.42. The molecule has 2 atom stereocenters. The molecule has 0 radical (unpaired) electrons. The standard InChI is InChI=1S/C18H16ClNO3/c1-11(13-7-4-5-9-15(13)19)20-17(21)16-10-12-6-2-3-8-14(12)18(22)23-16/h2-9,11,16H,10H2,1H3,(H,20,21). The van der Waals surface area contributed by atoms with Gasteiger partial charge in [0.2, 0.25) is 0 Å². The summed E-state index contributed by atoms with van der Waals surface area (Å²) < 4.78 is 5.26. The lowest BCUT2D eigenvalue weighted by atomic mass is 9.98. The lowest BCUT2D eigenvalue weighted by Crippen LogP contribution is -2.42. The number of hydrogen-bond acceptors (Lipinski definition) is 3. The fourth-order valence-electron chi connectivity index (χ4n) is 2.69. The van der Waals surface area contributed by atoms with Crippen LogP contribution >= 0.6 is 11.6 Å². The number of ether oxygens (including phenoxy) is 1. The first-order valence-electron chi connectivity index (χ1n) is 7.40. The average molecular weight is 330 g/mol. The van der Waals surface area contributed by atoms with Crippen LogP contribution < -0.4 is 5.32 Å². The molecule has 0 spiro atoms. The van der Waals surface area contributed by atoms with Gasteiger partial charge in [0, 0.05) is 11.4 Å². The number of halogens is 1. The number of carbonyl (C=O) groups is 2. The van der Waals surface area contributed by atoms with Crippen LogP contribution in [0.25, 0.3) is 0 Å². The summed E-state index contributed by atoms with van der Waals surface area (Å²) in [5.74, 6) is -0.780. The van der Waals surface area contributed by atoms with Crippen LogP contribution in [0.2, 0.25) is 5.02 Å². The smallest absolute Gasteiger partial charge is 0.339 e. The second-order valence-electron chi connectivity index (χ2n) is 5.51. The van der Waals surface area contributed by atoms with Crippen molar-refractivity contribution in [2.45, 2.75) is 25.5 Å². The molecule has 1 aliphatic heterocycles. The molecule has 1 heterocycles. The molecule has 1 aliphatic rings. The number of esters is 1. The Bertz CT molecular complexity index is 759. The number of benzene rings is 2. The van der Waals surface area contributed by atoms with Crippen LogP contribution in [-0.2, 0) is 16.0 Å². The van der Waals surface area contributed by atoms with E-state index in [0.717, 1.165) is 11.1 Å². The fourth-order valence-corrected chi connectivity index (χ4v) is 2.99. The van der Waals surface area contributed by atoms with Gasteiger partial charge in [-0.15, -0.1) is 0 Å². The van der Waals surface area contributed by atoms with E-state index in [0.29, 0.717) is 17.0 Å². The topological polar surface area (TPSA) is 55.4 Å². The van der Waals surface area contributed by atoms with Crippen molar-refractivity contribution < 1.29 is 14.3 Å². The van der Waals surface area contributed by atoms with E-state index >= 15 is 0 Å². The third kappa shape index (κ3) is 3.22. The van der Waals surface area contributed by atoms with E-state index in [4.69, 9.17) is 16.3 Å². The molecule has 4 nitrogen and oxygen atoms in total. The van der Waals surface area contributed by atoms with Crippen LogP contribution in [0.4, 0.5) is 0 Å². The maximum absolute atomic E-state index is 12.4. The summed E-state index contributed by atoms with van der Waals surface area (Å²) in [6, 6.07) is 14.2. The maximum Gasteiger partial charge on any atom is 0.339 e. The number of nitrogens with one attached hydrogen (secondary N) is 1. The molecule has 0 saturated carbocycles. The first-order chi connectivity index (χ1) is 11.1. The minimum absolute atomic E-state index is 0.271. The van der Waals surface area contributed by atoms with E-state index in [9.17, 15) is 9.59 Å². The molecule has 2 aromatic carbocycles. The zero-order valence-corrected chi connectivity index (χ0v) is 13.3. The molecule has 1 amide bonds. The van der Waals surface area contributed by atoms with Gasteiger partial charge in [-0.3, -0.25) is 4.79 Å². The molecule has 2 unspecified atom stereocenters. The van der Waals surface area contributed by atoms with E-state index < -0.39 is 12.1 Å². The first-order valence-corrected chi connectivity index (χ1v) is 7.77. The van der Waals surface area contributed by atoms with Crippen molar-refractivity contribution in [1.82, 2.24) is 5.32 Å². The lowest BCUT2D eigenvalue weighted by Gasteiger charge is -2.25. The number of fused-ring (bicyclic) bond motifs is 1. The van der Waals surface area contributed by atoms with Crippen molar-refractivity contribution in [1.29, 1.82) is 0 Å². The van der Waals surface area contributed by atoms with Gasteiger partial charge < -0.3 is 10.1 Å². The SMILES string of the molecule is CC(NC(=O)C1Cc2ccccc2C(=O)O1)c1ccccc1Cl. The van der Waals surface area contributed by atoms with Crippen molar-refractivity contribution in [3.05, 3.63) is 70.2 Å². The number of hydrogen-bond donors (Lipinski definition) is 1. The first kappa shape index (κ1) is 15.6. The summed E-state index contributed by atoms with van der Waals surface area (Å²) >= 11 is 6.14. The van der Waals surface area contributed by atoms with Crippen molar-refractivity contribution in [3.63, 3.8) is 0 Å². The lowest BCUT2D eigenvalue weighted by molar-refractivity contribution is -0.131. The number of carbonyl (C=O) groups excluding carboxylic acids is 2. The predicted octanol–water partition coefficient (Wildman–Crippen LogP) is 3.30. The van der Waals surface area contributed by atoms with Crippen LogP contribution in [0.1, 0.15) is 34.5 Å². The van der Waals surface area contributed by atoms with Crippen LogP contribution in [-0.4, -0.2) is 18.0 Å². The van der Waals surface area contributed by atoms with E-state index in [1.165, 1.54) is 0 Å². The molecule has 23 heavy (non-hydrogen) atoms. The summed E-state index contributed by atoms with van der Waals surface area (Å²) in [6.07, 6.45) is -0.439. The molecule has 2 aromatic rings. The van der Waals surface area contributed by atoms with Gasteiger partial charge in [0.15, 0.2) is 6.10 Å². The molecule has 0 aliphatic carbocycles. The summed E-state index contributed by atoms with van der Waals surface area (Å²) in [5.41, 5.74) is 2.18. The van der Waals surface area contributed by atoms with Crippen molar-refractivity contribution in [3.8, 4) is 0 Å². The highest BCUT2D eigenvalue weighted by atomic mass is 35.5. The normalized spacial score (nSPS) is 17.8. The van der Waals surface area contributed by atoms with Gasteiger partial charge in [0.1, 0.15) is 0 Å². The Morgan fingerprint density at radius 2 is 1.91 bits per heavy atom. The Hall–Kier alpha value is -2.33. The Labute approximate surface area is 139 Å². The second-order valence-corrected chi connectivity index (χ2v) is 5.91. The average Bonchev–Trinajstić information content (AvgIpc) is 2.55. The Balaban J connectivity index is 1.72. The van der Waals surface area contributed by atoms with Gasteiger partial charge in [0.05, 0.1) is 11.6 Å². The number of rotatable bonds is 3. The quantitative estimate of drug-likeness (QED) is 0.879. The molecule has 5 heteroatoms. The highest BCUT2D eigenvalue weighted by Crippen LogP contribution is 2.24. The van der Waals surface area contributed by atoms with Crippen molar-refractivity contribution >= 4 is 23.5 Å². The fraction of sp³-hybridized carbons (Fsp3) is 0.222. The molecule has 3 rings (SSSR count). The molecule has 0 saturated heterocycles. The molecular formula is C18H16ClNO3. The highest BCUT2D eigenvalue weighted by molar-refractivity contribution is 6.31. The van der Waals surface area contributed by atoms with Crippen molar-refractivity contribution in [2.75, 3.05) is 0 Å². The van der Waals surface area contributed by atoms with Gasteiger partial charge in [-0.05, 0) is 30.2 Å². The minimum Gasteiger partial charge on any atom is -0.448 e. The summed E-state index contributed by atoms with van der Waals surface area (Å²) in [5, 5.41) is 3.45. The molecule has 0 aromatic heterocycles. The van der Waals surface area contributed by atoms with Crippen LogP contribution in [0.3, 0.4) is 0 Å². The Morgan fingerprint density at radius 1 is 1.22 bits per heavy atom. The zero-order valence-electron chi connectivity index (χ0n) is 12.6. The third-order valence-electron chi connectivity index (χ3n) is 3.91. The number of amides is 1.